The Balaban J connectivity index is 2.13. The summed E-state index contributed by atoms with van der Waals surface area (Å²) in [6.45, 7) is 6.64. The predicted octanol–water partition coefficient (Wildman–Crippen LogP) is 5.02. The molecule has 0 bridgehead atoms. The molecule has 0 aliphatic carbocycles. The third-order valence-corrected chi connectivity index (χ3v) is 3.30. The summed E-state index contributed by atoms with van der Waals surface area (Å²) in [7, 11) is 0. The van der Waals surface area contributed by atoms with E-state index in [0.717, 1.165) is 0 Å². The van der Waals surface area contributed by atoms with E-state index >= 15 is 0 Å². The zero-order valence-electron chi connectivity index (χ0n) is 11.0. The zero-order chi connectivity index (χ0) is 12.3. The first-order chi connectivity index (χ1) is 8.18. The van der Waals surface area contributed by atoms with Gasteiger partial charge >= 0.3 is 0 Å². The SMILES string of the molecule is CC(C)=CCC[C@H](C)c1c[nH]c2ccccc12. The lowest BCUT2D eigenvalue weighted by molar-refractivity contribution is 0.693. The summed E-state index contributed by atoms with van der Waals surface area (Å²) < 4.78 is 0. The molecular formula is C16H21N. The van der Waals surface area contributed by atoms with Gasteiger partial charge in [0, 0.05) is 17.1 Å². The molecule has 1 nitrogen and oxygen atoms in total. The number of para-hydroxylation sites is 1. The van der Waals surface area contributed by atoms with Crippen molar-refractivity contribution in [2.75, 3.05) is 0 Å². The van der Waals surface area contributed by atoms with Gasteiger partial charge < -0.3 is 4.98 Å². The number of fused-ring (bicyclic) bond motifs is 1. The third-order valence-electron chi connectivity index (χ3n) is 3.30. The first-order valence-electron chi connectivity index (χ1n) is 6.38. The van der Waals surface area contributed by atoms with E-state index in [4.69, 9.17) is 0 Å². The Kier molecular flexibility index (Phi) is 3.68. The van der Waals surface area contributed by atoms with Gasteiger partial charge in [0.2, 0.25) is 0 Å². The molecule has 90 valence electrons. The highest BCUT2D eigenvalue weighted by Crippen LogP contribution is 2.28. The standard InChI is InChI=1S/C16H21N/c1-12(2)7-6-8-13(3)15-11-17-16-10-5-4-9-14(15)16/h4-5,7,9-11,13,17H,6,8H2,1-3H3/t13-/m0/s1. The number of aromatic nitrogens is 1. The Labute approximate surface area is 104 Å². The smallest absolute Gasteiger partial charge is 0.0456 e. The van der Waals surface area contributed by atoms with E-state index < -0.39 is 0 Å². The molecule has 1 atom stereocenters. The van der Waals surface area contributed by atoms with Gasteiger partial charge in [0.1, 0.15) is 0 Å². The summed E-state index contributed by atoms with van der Waals surface area (Å²) in [4.78, 5) is 3.35. The van der Waals surface area contributed by atoms with Gasteiger partial charge in [-0.1, -0.05) is 36.8 Å². The highest BCUT2D eigenvalue weighted by Gasteiger charge is 2.09. The maximum atomic E-state index is 3.35. The first kappa shape index (κ1) is 12.0. The maximum Gasteiger partial charge on any atom is 0.0456 e. The van der Waals surface area contributed by atoms with Crippen molar-refractivity contribution in [1.29, 1.82) is 0 Å². The fourth-order valence-electron chi connectivity index (χ4n) is 2.28. The number of allylic oxidation sites excluding steroid dienone is 2. The monoisotopic (exact) mass is 227 g/mol. The van der Waals surface area contributed by atoms with E-state index in [1.165, 1.54) is 34.9 Å². The van der Waals surface area contributed by atoms with Crippen LogP contribution in [0, 0.1) is 0 Å². The van der Waals surface area contributed by atoms with E-state index in [1.807, 2.05) is 0 Å². The minimum Gasteiger partial charge on any atom is -0.361 e. The number of hydrogen-bond donors (Lipinski definition) is 1. The van der Waals surface area contributed by atoms with Gasteiger partial charge in [0.25, 0.3) is 0 Å². The van der Waals surface area contributed by atoms with E-state index in [9.17, 15) is 0 Å². The number of aromatic amines is 1. The van der Waals surface area contributed by atoms with Crippen LogP contribution in [0.15, 0.2) is 42.1 Å². The molecule has 0 amide bonds. The van der Waals surface area contributed by atoms with Crippen LogP contribution >= 0.6 is 0 Å². The molecule has 0 saturated carbocycles. The molecule has 2 rings (SSSR count). The van der Waals surface area contributed by atoms with E-state index in [1.54, 1.807) is 0 Å². The van der Waals surface area contributed by atoms with Crippen LogP contribution in [0.1, 0.15) is 45.1 Å². The van der Waals surface area contributed by atoms with Gasteiger partial charge in [-0.2, -0.15) is 0 Å². The van der Waals surface area contributed by atoms with Crippen LogP contribution < -0.4 is 0 Å². The fraction of sp³-hybridized carbons (Fsp3) is 0.375. The Bertz CT molecular complexity index is 515. The molecule has 1 N–H and O–H groups in total. The maximum absolute atomic E-state index is 3.35. The highest BCUT2D eigenvalue weighted by molar-refractivity contribution is 5.83. The highest BCUT2D eigenvalue weighted by atomic mass is 14.7. The summed E-state index contributed by atoms with van der Waals surface area (Å²) in [6.07, 6.45) is 6.87. The second-order valence-electron chi connectivity index (χ2n) is 5.05. The lowest BCUT2D eigenvalue weighted by Gasteiger charge is -2.09. The number of nitrogens with one attached hydrogen (secondary N) is 1. The van der Waals surface area contributed by atoms with Gasteiger partial charge in [-0.25, -0.2) is 0 Å². The third kappa shape index (κ3) is 2.79. The molecule has 2 aromatic rings. The van der Waals surface area contributed by atoms with Gasteiger partial charge in [0.05, 0.1) is 0 Å². The lowest BCUT2D eigenvalue weighted by Crippen LogP contribution is -1.91. The average molecular weight is 227 g/mol. The molecule has 1 aromatic heterocycles. The second-order valence-corrected chi connectivity index (χ2v) is 5.05. The van der Waals surface area contributed by atoms with Crippen LogP contribution in [0.3, 0.4) is 0 Å². The topological polar surface area (TPSA) is 15.8 Å². The normalized spacial score (nSPS) is 12.6. The van der Waals surface area contributed by atoms with Crippen molar-refractivity contribution < 1.29 is 0 Å². The molecule has 0 aliphatic heterocycles. The minimum atomic E-state index is 0.613. The largest absolute Gasteiger partial charge is 0.361 e. The fourth-order valence-corrected chi connectivity index (χ4v) is 2.28. The minimum absolute atomic E-state index is 0.613. The van der Waals surface area contributed by atoms with Gasteiger partial charge in [-0.3, -0.25) is 0 Å². The number of hydrogen-bond acceptors (Lipinski definition) is 0. The predicted molar refractivity (Wildman–Crippen MR) is 75.4 cm³/mol. The zero-order valence-corrected chi connectivity index (χ0v) is 11.0. The Hall–Kier alpha value is -1.50. The van der Waals surface area contributed by atoms with Crippen molar-refractivity contribution in [3.05, 3.63) is 47.7 Å². The molecule has 1 heterocycles. The molecule has 17 heavy (non-hydrogen) atoms. The summed E-state index contributed by atoms with van der Waals surface area (Å²) in [5.41, 5.74) is 4.11. The Morgan fingerprint density at radius 1 is 1.29 bits per heavy atom. The average Bonchev–Trinajstić information content (AvgIpc) is 2.72. The summed E-state index contributed by atoms with van der Waals surface area (Å²) >= 11 is 0. The molecule has 0 aliphatic rings. The van der Waals surface area contributed by atoms with Crippen molar-refractivity contribution in [2.24, 2.45) is 0 Å². The second kappa shape index (κ2) is 5.22. The Morgan fingerprint density at radius 3 is 2.82 bits per heavy atom. The summed E-state index contributed by atoms with van der Waals surface area (Å²) in [6, 6.07) is 8.54. The Morgan fingerprint density at radius 2 is 2.06 bits per heavy atom. The molecule has 0 radical (unpaired) electrons. The van der Waals surface area contributed by atoms with Gasteiger partial charge in [-0.15, -0.1) is 0 Å². The molecular weight excluding hydrogens is 206 g/mol. The van der Waals surface area contributed by atoms with Gasteiger partial charge in [-0.05, 0) is 44.2 Å². The lowest BCUT2D eigenvalue weighted by atomic mass is 9.95. The molecule has 1 heteroatoms. The van der Waals surface area contributed by atoms with Crippen LogP contribution in [0.5, 0.6) is 0 Å². The van der Waals surface area contributed by atoms with Crippen LogP contribution in [0.4, 0.5) is 0 Å². The summed E-state index contributed by atoms with van der Waals surface area (Å²) in [5.74, 6) is 0.613. The van der Waals surface area contributed by atoms with Crippen molar-refractivity contribution in [2.45, 2.75) is 39.5 Å². The van der Waals surface area contributed by atoms with Crippen LogP contribution in [-0.2, 0) is 0 Å². The van der Waals surface area contributed by atoms with Crippen LogP contribution in [0.25, 0.3) is 10.9 Å². The van der Waals surface area contributed by atoms with Crippen molar-refractivity contribution in [1.82, 2.24) is 4.98 Å². The molecule has 1 aromatic carbocycles. The molecule has 0 fully saturated rings. The van der Waals surface area contributed by atoms with Crippen molar-refractivity contribution in [3.8, 4) is 0 Å². The quantitative estimate of drug-likeness (QED) is 0.706. The summed E-state index contributed by atoms with van der Waals surface area (Å²) in [5, 5.41) is 1.37. The van der Waals surface area contributed by atoms with Crippen LogP contribution in [-0.4, -0.2) is 4.98 Å². The first-order valence-corrected chi connectivity index (χ1v) is 6.38. The molecule has 0 saturated heterocycles. The number of rotatable bonds is 4. The molecule has 0 unspecified atom stereocenters. The number of H-pyrrole nitrogens is 1. The van der Waals surface area contributed by atoms with Crippen molar-refractivity contribution >= 4 is 10.9 Å². The van der Waals surface area contributed by atoms with Gasteiger partial charge in [0.15, 0.2) is 0 Å². The number of benzene rings is 1. The van der Waals surface area contributed by atoms with Crippen LogP contribution in [0.2, 0.25) is 0 Å². The molecule has 0 spiro atoms. The van der Waals surface area contributed by atoms with E-state index in [-0.39, 0.29) is 0 Å². The van der Waals surface area contributed by atoms with E-state index in [0.29, 0.717) is 5.92 Å². The van der Waals surface area contributed by atoms with Crippen molar-refractivity contribution in [3.63, 3.8) is 0 Å². The van der Waals surface area contributed by atoms with E-state index in [2.05, 4.69) is 62.3 Å².